The normalized spacial score (nSPS) is 11.9. The SMILES string of the molecule is CC(C)N(CCCCn1c[c]nc1)C(C)C. The number of aromatic nitrogens is 2. The smallest absolute Gasteiger partial charge is 0.108 e. The molecule has 0 aliphatic heterocycles. The molecule has 1 radical (unpaired) electrons. The first kappa shape index (κ1) is 13.2. The molecule has 0 bridgehead atoms. The lowest BCUT2D eigenvalue weighted by Gasteiger charge is -2.30. The van der Waals surface area contributed by atoms with Crippen molar-refractivity contribution in [1.82, 2.24) is 14.5 Å². The highest BCUT2D eigenvalue weighted by Gasteiger charge is 2.11. The maximum Gasteiger partial charge on any atom is 0.108 e. The Hall–Kier alpha value is -0.830. The highest BCUT2D eigenvalue weighted by Crippen LogP contribution is 2.07. The molecule has 1 aromatic rings. The summed E-state index contributed by atoms with van der Waals surface area (Å²) >= 11 is 0. The zero-order valence-electron chi connectivity index (χ0n) is 11.0. The van der Waals surface area contributed by atoms with Crippen molar-refractivity contribution in [1.29, 1.82) is 0 Å². The van der Waals surface area contributed by atoms with Crippen molar-refractivity contribution >= 4 is 0 Å². The molecule has 0 aromatic carbocycles. The van der Waals surface area contributed by atoms with E-state index in [1.54, 1.807) is 0 Å². The Labute approximate surface area is 99.5 Å². The van der Waals surface area contributed by atoms with E-state index in [1.165, 1.54) is 19.4 Å². The Bertz CT molecular complexity index is 257. The molecule has 0 N–H and O–H groups in total. The number of hydrogen-bond donors (Lipinski definition) is 0. The summed E-state index contributed by atoms with van der Waals surface area (Å²) in [5, 5.41) is 0. The monoisotopic (exact) mass is 222 g/mol. The van der Waals surface area contributed by atoms with Crippen LogP contribution in [0.3, 0.4) is 0 Å². The summed E-state index contributed by atoms with van der Waals surface area (Å²) in [6.07, 6.45) is 9.01. The highest BCUT2D eigenvalue weighted by molar-refractivity contribution is 4.72. The summed E-state index contributed by atoms with van der Waals surface area (Å²) in [7, 11) is 0. The fourth-order valence-corrected chi connectivity index (χ4v) is 2.07. The van der Waals surface area contributed by atoms with Gasteiger partial charge in [-0.05, 0) is 47.1 Å². The highest BCUT2D eigenvalue weighted by atomic mass is 15.2. The molecule has 1 rings (SSSR count). The quantitative estimate of drug-likeness (QED) is 0.661. The van der Waals surface area contributed by atoms with Gasteiger partial charge in [0, 0.05) is 24.8 Å². The van der Waals surface area contributed by atoms with Crippen LogP contribution in [-0.4, -0.2) is 33.1 Å². The van der Waals surface area contributed by atoms with Crippen molar-refractivity contribution in [3.8, 4) is 0 Å². The summed E-state index contributed by atoms with van der Waals surface area (Å²) < 4.78 is 2.09. The Morgan fingerprint density at radius 3 is 2.38 bits per heavy atom. The molecule has 0 fully saturated rings. The molecule has 0 atom stereocenters. The maximum atomic E-state index is 3.92. The van der Waals surface area contributed by atoms with E-state index in [2.05, 4.69) is 48.3 Å². The van der Waals surface area contributed by atoms with Crippen LogP contribution in [0.25, 0.3) is 0 Å². The van der Waals surface area contributed by atoms with Crippen molar-refractivity contribution in [2.45, 2.75) is 59.2 Å². The summed E-state index contributed by atoms with van der Waals surface area (Å²) in [4.78, 5) is 6.46. The number of nitrogens with zero attached hydrogens (tertiary/aromatic N) is 3. The summed E-state index contributed by atoms with van der Waals surface area (Å²) in [5.41, 5.74) is 0. The van der Waals surface area contributed by atoms with Crippen LogP contribution < -0.4 is 0 Å². The molecule has 0 saturated heterocycles. The van der Waals surface area contributed by atoms with Crippen molar-refractivity contribution in [3.63, 3.8) is 0 Å². The van der Waals surface area contributed by atoms with Gasteiger partial charge in [-0.15, -0.1) is 0 Å². The molecule has 3 nitrogen and oxygen atoms in total. The van der Waals surface area contributed by atoms with E-state index < -0.39 is 0 Å². The largest absolute Gasteiger partial charge is 0.337 e. The van der Waals surface area contributed by atoms with E-state index in [1.807, 2.05) is 12.5 Å². The van der Waals surface area contributed by atoms with E-state index in [9.17, 15) is 0 Å². The minimum atomic E-state index is 0.640. The van der Waals surface area contributed by atoms with E-state index in [0.29, 0.717) is 12.1 Å². The van der Waals surface area contributed by atoms with Gasteiger partial charge >= 0.3 is 0 Å². The standard InChI is InChI=1S/C13H24N3/c1-12(2)16(13(3)4)9-6-5-8-15-10-7-14-11-15/h10-13H,5-6,8-9H2,1-4H3. The summed E-state index contributed by atoms with van der Waals surface area (Å²) in [5.74, 6) is 0. The first-order chi connectivity index (χ1) is 7.61. The van der Waals surface area contributed by atoms with Crippen LogP contribution in [0.4, 0.5) is 0 Å². The summed E-state index contributed by atoms with van der Waals surface area (Å²) in [6, 6.07) is 1.28. The van der Waals surface area contributed by atoms with Gasteiger partial charge in [-0.3, -0.25) is 4.90 Å². The van der Waals surface area contributed by atoms with Crippen molar-refractivity contribution in [2.24, 2.45) is 0 Å². The zero-order valence-corrected chi connectivity index (χ0v) is 11.0. The number of hydrogen-bond acceptors (Lipinski definition) is 2. The lowest BCUT2D eigenvalue weighted by atomic mass is 10.2. The van der Waals surface area contributed by atoms with Gasteiger partial charge < -0.3 is 4.57 Å². The predicted octanol–water partition coefficient (Wildman–Crippen LogP) is 2.58. The number of unbranched alkanes of at least 4 members (excludes halogenated alkanes) is 1. The lowest BCUT2D eigenvalue weighted by Crippen LogP contribution is -2.37. The van der Waals surface area contributed by atoms with Gasteiger partial charge in [0.1, 0.15) is 6.20 Å². The van der Waals surface area contributed by atoms with Gasteiger partial charge in [-0.2, -0.15) is 0 Å². The van der Waals surface area contributed by atoms with Crippen molar-refractivity contribution < 1.29 is 0 Å². The van der Waals surface area contributed by atoms with Gasteiger partial charge in [0.25, 0.3) is 0 Å². The molecule has 0 spiro atoms. The average molecular weight is 222 g/mol. The third-order valence-corrected chi connectivity index (χ3v) is 2.91. The molecule has 16 heavy (non-hydrogen) atoms. The fraction of sp³-hybridized carbons (Fsp3) is 0.769. The average Bonchev–Trinajstić information content (AvgIpc) is 2.68. The molecule has 1 aromatic heterocycles. The van der Waals surface area contributed by atoms with Gasteiger partial charge in [-0.25, -0.2) is 4.98 Å². The molecule has 0 unspecified atom stereocenters. The predicted molar refractivity (Wildman–Crippen MR) is 67.3 cm³/mol. The minimum Gasteiger partial charge on any atom is -0.337 e. The molecule has 0 aliphatic rings. The van der Waals surface area contributed by atoms with Crippen LogP contribution in [0.1, 0.15) is 40.5 Å². The molecule has 0 saturated carbocycles. The first-order valence-electron chi connectivity index (χ1n) is 6.25. The van der Waals surface area contributed by atoms with Gasteiger partial charge in [0.15, 0.2) is 0 Å². The Balaban J connectivity index is 2.18. The molecule has 0 amide bonds. The van der Waals surface area contributed by atoms with Crippen LogP contribution >= 0.6 is 0 Å². The van der Waals surface area contributed by atoms with Crippen LogP contribution in [-0.2, 0) is 6.54 Å². The number of rotatable bonds is 7. The third kappa shape index (κ3) is 4.35. The number of aryl methyl sites for hydroxylation is 1. The van der Waals surface area contributed by atoms with Crippen molar-refractivity contribution in [2.75, 3.05) is 6.54 Å². The third-order valence-electron chi connectivity index (χ3n) is 2.91. The maximum absolute atomic E-state index is 3.92. The van der Waals surface area contributed by atoms with Crippen LogP contribution in [0, 0.1) is 6.20 Å². The van der Waals surface area contributed by atoms with Crippen LogP contribution in [0.5, 0.6) is 0 Å². The Kier molecular flexibility index (Phi) is 5.53. The van der Waals surface area contributed by atoms with E-state index in [-0.39, 0.29) is 0 Å². The molecule has 3 heteroatoms. The molecule has 0 aliphatic carbocycles. The molecule has 91 valence electrons. The van der Waals surface area contributed by atoms with Crippen LogP contribution in [0.15, 0.2) is 12.5 Å². The molecular weight excluding hydrogens is 198 g/mol. The molecular formula is C13H24N3. The first-order valence-corrected chi connectivity index (χ1v) is 6.25. The second kappa shape index (κ2) is 6.69. The van der Waals surface area contributed by atoms with Gasteiger partial charge in [0.05, 0.1) is 6.33 Å². The van der Waals surface area contributed by atoms with Gasteiger partial charge in [-0.1, -0.05) is 0 Å². The second-order valence-electron chi connectivity index (χ2n) is 4.87. The Morgan fingerprint density at radius 2 is 1.88 bits per heavy atom. The van der Waals surface area contributed by atoms with Crippen LogP contribution in [0.2, 0.25) is 0 Å². The fourth-order valence-electron chi connectivity index (χ4n) is 2.07. The number of imidazole rings is 1. The van der Waals surface area contributed by atoms with E-state index >= 15 is 0 Å². The molecule has 1 heterocycles. The van der Waals surface area contributed by atoms with E-state index in [4.69, 9.17) is 0 Å². The lowest BCUT2D eigenvalue weighted by molar-refractivity contribution is 0.171. The van der Waals surface area contributed by atoms with Gasteiger partial charge in [0.2, 0.25) is 0 Å². The second-order valence-corrected chi connectivity index (χ2v) is 4.87. The minimum absolute atomic E-state index is 0.640. The van der Waals surface area contributed by atoms with Crippen molar-refractivity contribution in [3.05, 3.63) is 18.7 Å². The summed E-state index contributed by atoms with van der Waals surface area (Å²) in [6.45, 7) is 11.3. The van der Waals surface area contributed by atoms with E-state index in [0.717, 1.165) is 6.54 Å². The zero-order chi connectivity index (χ0) is 12.0. The topological polar surface area (TPSA) is 21.1 Å². The Morgan fingerprint density at radius 1 is 1.19 bits per heavy atom.